The molecule has 0 unspecified atom stereocenters. The van der Waals surface area contributed by atoms with E-state index in [0.717, 1.165) is 12.8 Å². The van der Waals surface area contributed by atoms with Crippen molar-refractivity contribution in [3.8, 4) is 5.75 Å². The summed E-state index contributed by atoms with van der Waals surface area (Å²) in [6.07, 6.45) is 3.20. The Balaban J connectivity index is 2.33. The molecule has 18 heavy (non-hydrogen) atoms. The zero-order valence-corrected chi connectivity index (χ0v) is 10.7. The number of carbonyl (C=O) groups excluding carboxylic acids is 1. The summed E-state index contributed by atoms with van der Waals surface area (Å²) in [7, 11) is 2.98. The minimum atomic E-state index is -0.838. The fourth-order valence-corrected chi connectivity index (χ4v) is 2.52. The van der Waals surface area contributed by atoms with Gasteiger partial charge in [-0.15, -0.1) is 0 Å². The van der Waals surface area contributed by atoms with Crippen LogP contribution in [-0.4, -0.2) is 25.6 Å². The Kier molecular flexibility index (Phi) is 3.66. The lowest BCUT2D eigenvalue weighted by Gasteiger charge is -2.25. The van der Waals surface area contributed by atoms with E-state index < -0.39 is 11.4 Å². The molecular formula is C14H17FO3. The summed E-state index contributed by atoms with van der Waals surface area (Å²) < 4.78 is 24.2. The Hall–Kier alpha value is -1.42. The van der Waals surface area contributed by atoms with Crippen molar-refractivity contribution in [3.05, 3.63) is 29.6 Å². The van der Waals surface area contributed by atoms with Crippen LogP contribution in [0.15, 0.2) is 18.2 Å². The summed E-state index contributed by atoms with van der Waals surface area (Å²) in [4.78, 5) is 12.4. The van der Waals surface area contributed by atoms with E-state index in [9.17, 15) is 9.18 Å². The van der Waals surface area contributed by atoms with Gasteiger partial charge in [0.1, 0.15) is 17.2 Å². The maximum Gasteiger partial charge on any atom is 0.197 e. The first-order chi connectivity index (χ1) is 8.63. The molecule has 2 rings (SSSR count). The first-order valence-electron chi connectivity index (χ1n) is 6.06. The molecule has 98 valence electrons. The van der Waals surface area contributed by atoms with Gasteiger partial charge in [0.25, 0.3) is 0 Å². The van der Waals surface area contributed by atoms with Crippen molar-refractivity contribution < 1.29 is 18.7 Å². The van der Waals surface area contributed by atoms with Gasteiger partial charge in [0.2, 0.25) is 0 Å². The van der Waals surface area contributed by atoms with Gasteiger partial charge in [0.15, 0.2) is 5.78 Å². The monoisotopic (exact) mass is 252 g/mol. The van der Waals surface area contributed by atoms with Crippen molar-refractivity contribution in [2.45, 2.75) is 31.3 Å². The van der Waals surface area contributed by atoms with Crippen LogP contribution in [0.2, 0.25) is 0 Å². The van der Waals surface area contributed by atoms with Crippen LogP contribution in [0.25, 0.3) is 0 Å². The van der Waals surface area contributed by atoms with Gasteiger partial charge in [-0.2, -0.15) is 0 Å². The zero-order chi connectivity index (χ0) is 13.2. The third-order valence-electron chi connectivity index (χ3n) is 3.64. The van der Waals surface area contributed by atoms with Gasteiger partial charge in [-0.25, -0.2) is 4.39 Å². The SMILES string of the molecule is COc1ccc(C(=O)C2(OC)CCCC2)c(F)c1. The number of ketones is 1. The van der Waals surface area contributed by atoms with Crippen molar-refractivity contribution >= 4 is 5.78 Å². The van der Waals surface area contributed by atoms with Crippen molar-refractivity contribution in [2.24, 2.45) is 0 Å². The maximum atomic E-state index is 13.9. The molecule has 0 aliphatic heterocycles. The van der Waals surface area contributed by atoms with Gasteiger partial charge >= 0.3 is 0 Å². The number of hydrogen-bond donors (Lipinski definition) is 0. The highest BCUT2D eigenvalue weighted by Gasteiger charge is 2.42. The first kappa shape index (κ1) is 13.0. The van der Waals surface area contributed by atoms with E-state index >= 15 is 0 Å². The fraction of sp³-hybridized carbons (Fsp3) is 0.500. The number of carbonyl (C=O) groups is 1. The highest BCUT2D eigenvalue weighted by Crippen LogP contribution is 2.36. The molecule has 0 heterocycles. The predicted octanol–water partition coefficient (Wildman–Crippen LogP) is 2.98. The lowest BCUT2D eigenvalue weighted by Crippen LogP contribution is -2.38. The molecule has 0 bridgehead atoms. The fourth-order valence-electron chi connectivity index (χ4n) is 2.52. The molecule has 0 aromatic heterocycles. The molecule has 0 atom stereocenters. The summed E-state index contributed by atoms with van der Waals surface area (Å²) in [5.41, 5.74) is -0.755. The van der Waals surface area contributed by atoms with Gasteiger partial charge in [-0.05, 0) is 37.8 Å². The Morgan fingerprint density at radius 3 is 2.44 bits per heavy atom. The normalized spacial score (nSPS) is 17.7. The van der Waals surface area contributed by atoms with E-state index in [1.54, 1.807) is 6.07 Å². The van der Waals surface area contributed by atoms with Gasteiger partial charge < -0.3 is 9.47 Å². The van der Waals surface area contributed by atoms with E-state index in [0.29, 0.717) is 18.6 Å². The lowest BCUT2D eigenvalue weighted by atomic mass is 9.90. The quantitative estimate of drug-likeness (QED) is 0.773. The number of Topliss-reactive ketones (excluding diaryl/α,β-unsaturated/α-hetero) is 1. The molecule has 0 amide bonds. The highest BCUT2D eigenvalue weighted by molar-refractivity contribution is 6.03. The molecule has 1 aliphatic carbocycles. The molecule has 1 aromatic rings. The highest BCUT2D eigenvalue weighted by atomic mass is 19.1. The molecule has 0 N–H and O–H groups in total. The standard InChI is InChI=1S/C14H17FO3/c1-17-10-5-6-11(12(15)9-10)13(16)14(18-2)7-3-4-8-14/h5-6,9H,3-4,7-8H2,1-2H3. The second-order valence-electron chi connectivity index (χ2n) is 4.58. The van der Waals surface area contributed by atoms with Crippen molar-refractivity contribution in [3.63, 3.8) is 0 Å². The number of benzene rings is 1. The molecule has 1 aliphatic rings. The number of hydrogen-bond acceptors (Lipinski definition) is 3. The summed E-state index contributed by atoms with van der Waals surface area (Å²) >= 11 is 0. The number of methoxy groups -OCH3 is 2. The van der Waals surface area contributed by atoms with Gasteiger partial charge in [0, 0.05) is 13.2 Å². The molecule has 1 saturated carbocycles. The van der Waals surface area contributed by atoms with Crippen LogP contribution in [0, 0.1) is 5.82 Å². The molecule has 4 heteroatoms. The van der Waals surface area contributed by atoms with Gasteiger partial charge in [0.05, 0.1) is 12.7 Å². The minimum Gasteiger partial charge on any atom is -0.497 e. The van der Waals surface area contributed by atoms with E-state index in [1.165, 1.54) is 26.4 Å². The van der Waals surface area contributed by atoms with Crippen LogP contribution in [0.5, 0.6) is 5.75 Å². The average Bonchev–Trinajstić information content (AvgIpc) is 2.87. The van der Waals surface area contributed by atoms with E-state index in [-0.39, 0.29) is 11.3 Å². The molecule has 0 radical (unpaired) electrons. The summed E-state index contributed by atoms with van der Waals surface area (Å²) in [5, 5.41) is 0. The smallest absolute Gasteiger partial charge is 0.197 e. The zero-order valence-electron chi connectivity index (χ0n) is 10.7. The molecule has 1 aromatic carbocycles. The summed E-state index contributed by atoms with van der Waals surface area (Å²) in [6, 6.07) is 4.29. The average molecular weight is 252 g/mol. The molecule has 0 saturated heterocycles. The van der Waals surface area contributed by atoms with E-state index in [2.05, 4.69) is 0 Å². The second-order valence-corrected chi connectivity index (χ2v) is 4.58. The number of rotatable bonds is 4. The third-order valence-corrected chi connectivity index (χ3v) is 3.64. The Bertz CT molecular complexity index is 450. The summed E-state index contributed by atoms with van der Waals surface area (Å²) in [6.45, 7) is 0. The topological polar surface area (TPSA) is 35.5 Å². The van der Waals surface area contributed by atoms with Crippen LogP contribution in [-0.2, 0) is 4.74 Å². The van der Waals surface area contributed by atoms with Crippen LogP contribution < -0.4 is 4.74 Å². The molecule has 3 nitrogen and oxygen atoms in total. The van der Waals surface area contributed by atoms with Crippen molar-refractivity contribution in [2.75, 3.05) is 14.2 Å². The first-order valence-corrected chi connectivity index (χ1v) is 6.06. The van der Waals surface area contributed by atoms with Gasteiger partial charge in [-0.3, -0.25) is 4.79 Å². The van der Waals surface area contributed by atoms with Gasteiger partial charge in [-0.1, -0.05) is 0 Å². The molecule has 1 fully saturated rings. The molecule has 0 spiro atoms. The predicted molar refractivity (Wildman–Crippen MR) is 65.5 cm³/mol. The third kappa shape index (κ3) is 2.12. The Morgan fingerprint density at radius 1 is 1.28 bits per heavy atom. The Labute approximate surface area is 106 Å². The summed E-state index contributed by atoms with van der Waals surface area (Å²) in [5.74, 6) is -0.410. The number of ether oxygens (including phenoxy) is 2. The van der Waals surface area contributed by atoms with Crippen LogP contribution in [0.1, 0.15) is 36.0 Å². The van der Waals surface area contributed by atoms with Crippen molar-refractivity contribution in [1.29, 1.82) is 0 Å². The van der Waals surface area contributed by atoms with Crippen LogP contribution in [0.4, 0.5) is 4.39 Å². The van der Waals surface area contributed by atoms with E-state index in [4.69, 9.17) is 9.47 Å². The second kappa shape index (κ2) is 5.06. The maximum absolute atomic E-state index is 13.9. The van der Waals surface area contributed by atoms with Crippen LogP contribution in [0.3, 0.4) is 0 Å². The van der Waals surface area contributed by atoms with Crippen molar-refractivity contribution in [1.82, 2.24) is 0 Å². The lowest BCUT2D eigenvalue weighted by molar-refractivity contribution is 0.00568. The van der Waals surface area contributed by atoms with Crippen LogP contribution >= 0.6 is 0 Å². The minimum absolute atomic E-state index is 0.0829. The molecular weight excluding hydrogens is 235 g/mol. The van der Waals surface area contributed by atoms with E-state index in [1.807, 2.05) is 0 Å². The largest absolute Gasteiger partial charge is 0.497 e. The number of halogens is 1. The Morgan fingerprint density at radius 2 is 1.94 bits per heavy atom.